The zero-order chi connectivity index (χ0) is 14.9. The van der Waals surface area contributed by atoms with Crippen LogP contribution in [0.25, 0.3) is 0 Å². The highest BCUT2D eigenvalue weighted by molar-refractivity contribution is 5.86. The minimum absolute atomic E-state index is 0.0673. The molecular weight excluding hydrogens is 274 g/mol. The molecule has 0 radical (unpaired) electrons. The molecule has 1 fully saturated rings. The van der Waals surface area contributed by atoms with Crippen LogP contribution in [0, 0.1) is 0 Å². The first kappa shape index (κ1) is 14.4. The summed E-state index contributed by atoms with van der Waals surface area (Å²) in [7, 11) is 0. The highest BCUT2D eigenvalue weighted by Gasteiger charge is 2.31. The van der Waals surface area contributed by atoms with Crippen LogP contribution in [0.15, 0.2) is 0 Å². The van der Waals surface area contributed by atoms with Crippen molar-refractivity contribution in [2.24, 2.45) is 0 Å². The largest absolute Gasteiger partial charge is 0.476 e. The van der Waals surface area contributed by atoms with Gasteiger partial charge in [0, 0.05) is 20.0 Å². The standard InChI is InChI=1S/C11H14F2N4O3/c1-6(18)16-4-2-7(3-5-16)17-9(10(12)13)8(11(19)20)14-15-17/h7,10H,2-5H2,1H3,(H,19,20). The van der Waals surface area contributed by atoms with Gasteiger partial charge in [0.1, 0.15) is 5.69 Å². The van der Waals surface area contributed by atoms with Gasteiger partial charge in [0.05, 0.1) is 6.04 Å². The molecule has 0 aliphatic carbocycles. The fourth-order valence-corrected chi connectivity index (χ4v) is 2.35. The second-order valence-electron chi connectivity index (χ2n) is 4.61. The minimum Gasteiger partial charge on any atom is -0.476 e. The predicted molar refractivity (Wildman–Crippen MR) is 62.5 cm³/mol. The van der Waals surface area contributed by atoms with Crippen molar-refractivity contribution in [2.45, 2.75) is 32.2 Å². The molecule has 9 heteroatoms. The molecule has 0 spiro atoms. The summed E-state index contributed by atoms with van der Waals surface area (Å²) in [4.78, 5) is 23.7. The molecule has 110 valence electrons. The van der Waals surface area contributed by atoms with Gasteiger partial charge < -0.3 is 10.0 Å². The number of carbonyl (C=O) groups is 2. The van der Waals surface area contributed by atoms with Crippen molar-refractivity contribution in [1.82, 2.24) is 19.9 Å². The number of piperidine rings is 1. The highest BCUT2D eigenvalue weighted by Crippen LogP contribution is 2.29. The second kappa shape index (κ2) is 5.51. The van der Waals surface area contributed by atoms with Crippen LogP contribution in [0.2, 0.25) is 0 Å². The number of alkyl halides is 2. The van der Waals surface area contributed by atoms with E-state index in [2.05, 4.69) is 10.3 Å². The number of carbonyl (C=O) groups excluding carboxylic acids is 1. The molecule has 0 unspecified atom stereocenters. The van der Waals surface area contributed by atoms with Gasteiger partial charge in [0.2, 0.25) is 5.91 Å². The third-order valence-electron chi connectivity index (χ3n) is 3.40. The van der Waals surface area contributed by atoms with Crippen LogP contribution in [-0.4, -0.2) is 50.0 Å². The molecule has 1 aromatic rings. The Morgan fingerprint density at radius 2 is 1.95 bits per heavy atom. The van der Waals surface area contributed by atoms with Gasteiger partial charge in [-0.15, -0.1) is 5.10 Å². The van der Waals surface area contributed by atoms with Gasteiger partial charge in [-0.1, -0.05) is 5.21 Å². The van der Waals surface area contributed by atoms with Crippen molar-refractivity contribution >= 4 is 11.9 Å². The number of amides is 1. The Morgan fingerprint density at radius 3 is 2.40 bits per heavy atom. The Bertz CT molecular complexity index is 524. The Kier molecular flexibility index (Phi) is 3.96. The number of nitrogens with zero attached hydrogens (tertiary/aromatic N) is 4. The van der Waals surface area contributed by atoms with Crippen molar-refractivity contribution in [2.75, 3.05) is 13.1 Å². The smallest absolute Gasteiger partial charge is 0.358 e. The summed E-state index contributed by atoms with van der Waals surface area (Å²) in [6, 6.07) is -0.366. The summed E-state index contributed by atoms with van der Waals surface area (Å²) in [6.45, 7) is 2.32. The maximum atomic E-state index is 13.0. The molecule has 0 bridgehead atoms. The summed E-state index contributed by atoms with van der Waals surface area (Å²) in [6.07, 6.45) is -2.06. The lowest BCUT2D eigenvalue weighted by molar-refractivity contribution is -0.130. The number of likely N-dealkylation sites (tertiary alicyclic amines) is 1. The number of rotatable bonds is 3. The number of carboxylic acids is 1. The van der Waals surface area contributed by atoms with E-state index in [0.29, 0.717) is 25.9 Å². The molecule has 2 rings (SSSR count). The Labute approximate surface area is 113 Å². The lowest BCUT2D eigenvalue weighted by Gasteiger charge is -2.31. The van der Waals surface area contributed by atoms with Crippen molar-refractivity contribution in [3.8, 4) is 0 Å². The summed E-state index contributed by atoms with van der Waals surface area (Å²) >= 11 is 0. The average molecular weight is 288 g/mol. The predicted octanol–water partition coefficient (Wildman–Crippen LogP) is 1.10. The molecule has 7 nitrogen and oxygen atoms in total. The van der Waals surface area contributed by atoms with E-state index in [1.54, 1.807) is 4.90 Å². The third-order valence-corrected chi connectivity index (χ3v) is 3.40. The van der Waals surface area contributed by atoms with Crippen molar-refractivity contribution in [1.29, 1.82) is 0 Å². The number of hydrogen-bond donors (Lipinski definition) is 1. The van der Waals surface area contributed by atoms with Gasteiger partial charge in [-0.2, -0.15) is 0 Å². The molecule has 1 N–H and O–H groups in total. The molecule has 0 atom stereocenters. The monoisotopic (exact) mass is 288 g/mol. The minimum atomic E-state index is -2.96. The van der Waals surface area contributed by atoms with E-state index in [0.717, 1.165) is 4.68 Å². The molecular formula is C11H14F2N4O3. The maximum Gasteiger partial charge on any atom is 0.358 e. The number of halogens is 2. The zero-order valence-electron chi connectivity index (χ0n) is 10.8. The normalized spacial score (nSPS) is 16.7. The van der Waals surface area contributed by atoms with Crippen LogP contribution in [0.4, 0.5) is 8.78 Å². The molecule has 1 amide bonds. The zero-order valence-corrected chi connectivity index (χ0v) is 10.8. The fraction of sp³-hybridized carbons (Fsp3) is 0.636. The molecule has 1 aliphatic rings. The Hall–Kier alpha value is -2.06. The number of aromatic nitrogens is 3. The molecule has 1 aliphatic heterocycles. The van der Waals surface area contributed by atoms with Gasteiger partial charge in [-0.05, 0) is 12.8 Å². The summed E-state index contributed by atoms with van der Waals surface area (Å²) in [5.41, 5.74) is -1.38. The second-order valence-corrected chi connectivity index (χ2v) is 4.61. The molecule has 1 saturated heterocycles. The van der Waals surface area contributed by atoms with Gasteiger partial charge in [0.15, 0.2) is 5.69 Å². The van der Waals surface area contributed by atoms with Crippen LogP contribution >= 0.6 is 0 Å². The number of carboxylic acid groups (broad SMARTS) is 1. The number of aromatic carboxylic acids is 1. The summed E-state index contributed by atoms with van der Waals surface area (Å²) in [5, 5.41) is 15.7. The molecule has 1 aromatic heterocycles. The van der Waals surface area contributed by atoms with E-state index in [-0.39, 0.29) is 11.9 Å². The molecule has 0 saturated carbocycles. The van der Waals surface area contributed by atoms with Crippen LogP contribution in [0.5, 0.6) is 0 Å². The van der Waals surface area contributed by atoms with Crippen LogP contribution in [-0.2, 0) is 4.79 Å². The van der Waals surface area contributed by atoms with Gasteiger partial charge >= 0.3 is 5.97 Å². The van der Waals surface area contributed by atoms with Gasteiger partial charge in [0.25, 0.3) is 6.43 Å². The average Bonchev–Trinajstić information content (AvgIpc) is 2.83. The van der Waals surface area contributed by atoms with Gasteiger partial charge in [-0.25, -0.2) is 18.3 Å². The summed E-state index contributed by atoms with van der Waals surface area (Å²) < 4.78 is 27.0. The third kappa shape index (κ3) is 2.61. The van der Waals surface area contributed by atoms with Crippen LogP contribution in [0.3, 0.4) is 0 Å². The van der Waals surface area contributed by atoms with Crippen LogP contribution < -0.4 is 0 Å². The van der Waals surface area contributed by atoms with Crippen LogP contribution in [0.1, 0.15) is 48.4 Å². The highest BCUT2D eigenvalue weighted by atomic mass is 19.3. The fourth-order valence-electron chi connectivity index (χ4n) is 2.35. The van der Waals surface area contributed by atoms with Gasteiger partial charge in [-0.3, -0.25) is 4.79 Å². The molecule has 20 heavy (non-hydrogen) atoms. The van der Waals surface area contributed by atoms with Crippen molar-refractivity contribution in [3.05, 3.63) is 11.4 Å². The maximum absolute atomic E-state index is 13.0. The van der Waals surface area contributed by atoms with E-state index >= 15 is 0 Å². The Morgan fingerprint density at radius 1 is 1.35 bits per heavy atom. The van der Waals surface area contributed by atoms with E-state index in [1.807, 2.05) is 0 Å². The topological polar surface area (TPSA) is 88.3 Å². The Balaban J connectivity index is 2.22. The first-order valence-electron chi connectivity index (χ1n) is 6.13. The summed E-state index contributed by atoms with van der Waals surface area (Å²) in [5.74, 6) is -1.59. The first-order chi connectivity index (χ1) is 9.41. The van der Waals surface area contributed by atoms with E-state index < -0.39 is 23.8 Å². The molecule has 2 heterocycles. The SMILES string of the molecule is CC(=O)N1CCC(n2nnc(C(=O)O)c2C(F)F)CC1. The quantitative estimate of drug-likeness (QED) is 0.899. The van der Waals surface area contributed by atoms with Crippen molar-refractivity contribution in [3.63, 3.8) is 0 Å². The van der Waals surface area contributed by atoms with E-state index in [4.69, 9.17) is 5.11 Å². The first-order valence-corrected chi connectivity index (χ1v) is 6.13. The van der Waals surface area contributed by atoms with E-state index in [1.165, 1.54) is 6.92 Å². The number of hydrogen-bond acceptors (Lipinski definition) is 4. The lowest BCUT2D eigenvalue weighted by Crippen LogP contribution is -2.38. The molecule has 0 aromatic carbocycles. The van der Waals surface area contributed by atoms with E-state index in [9.17, 15) is 18.4 Å². The lowest BCUT2D eigenvalue weighted by atomic mass is 10.0. The van der Waals surface area contributed by atoms with Crippen molar-refractivity contribution < 1.29 is 23.5 Å².